The lowest BCUT2D eigenvalue weighted by molar-refractivity contribution is -0.146. The van der Waals surface area contributed by atoms with Crippen molar-refractivity contribution < 1.29 is 14.3 Å². The molecule has 0 saturated heterocycles. The van der Waals surface area contributed by atoms with Crippen molar-refractivity contribution in [1.29, 1.82) is 0 Å². The molecule has 0 aromatic heterocycles. The van der Waals surface area contributed by atoms with Crippen LogP contribution in [0.3, 0.4) is 0 Å². The van der Waals surface area contributed by atoms with Crippen molar-refractivity contribution in [2.24, 2.45) is 5.73 Å². The number of ether oxygens (including phenoxy) is 2. The first-order valence-corrected chi connectivity index (χ1v) is 6.29. The van der Waals surface area contributed by atoms with Crippen molar-refractivity contribution in [2.75, 3.05) is 26.4 Å². The van der Waals surface area contributed by atoms with Gasteiger partial charge in [0, 0.05) is 13.2 Å². The molecule has 100 valence electrons. The maximum atomic E-state index is 11.8. The molecule has 18 heavy (non-hydrogen) atoms. The summed E-state index contributed by atoms with van der Waals surface area (Å²) in [6, 6.07) is 9.44. The highest BCUT2D eigenvalue weighted by Crippen LogP contribution is 2.15. The van der Waals surface area contributed by atoms with Crippen LogP contribution in [0.4, 0.5) is 0 Å². The Kier molecular flexibility index (Phi) is 7.06. The van der Waals surface area contributed by atoms with E-state index in [9.17, 15) is 4.79 Å². The third kappa shape index (κ3) is 4.85. The number of rotatable bonds is 8. The van der Waals surface area contributed by atoms with Crippen LogP contribution in [0, 0.1) is 0 Å². The van der Waals surface area contributed by atoms with Gasteiger partial charge in [-0.3, -0.25) is 4.79 Å². The van der Waals surface area contributed by atoms with Crippen molar-refractivity contribution in [3.05, 3.63) is 35.9 Å². The van der Waals surface area contributed by atoms with Crippen LogP contribution in [0.5, 0.6) is 0 Å². The summed E-state index contributed by atoms with van der Waals surface area (Å²) in [5.74, 6) is -0.679. The number of carbonyl (C=O) groups excluding carboxylic acids is 1. The number of hydrogen-bond acceptors (Lipinski definition) is 4. The standard InChI is InChI=1S/C14H21NO3/c1-2-8-17-9-10-18-14(16)13(11-15)12-6-4-3-5-7-12/h3-7,13H,2,8-11,15H2,1H3. The molecule has 4 heteroatoms. The van der Waals surface area contributed by atoms with Crippen LogP contribution < -0.4 is 5.73 Å². The van der Waals surface area contributed by atoms with Crippen LogP contribution in [0.15, 0.2) is 30.3 Å². The molecule has 0 fully saturated rings. The van der Waals surface area contributed by atoms with Gasteiger partial charge in [-0.05, 0) is 12.0 Å². The van der Waals surface area contributed by atoms with Gasteiger partial charge in [0.25, 0.3) is 0 Å². The quantitative estimate of drug-likeness (QED) is 0.564. The largest absolute Gasteiger partial charge is 0.463 e. The Morgan fingerprint density at radius 3 is 2.56 bits per heavy atom. The molecule has 1 unspecified atom stereocenters. The molecular formula is C14H21NO3. The highest BCUT2D eigenvalue weighted by molar-refractivity contribution is 5.78. The molecule has 1 atom stereocenters. The fraction of sp³-hybridized carbons (Fsp3) is 0.500. The molecule has 4 nitrogen and oxygen atoms in total. The van der Waals surface area contributed by atoms with Crippen LogP contribution in [-0.4, -0.2) is 32.3 Å². The summed E-state index contributed by atoms with van der Waals surface area (Å²) in [4.78, 5) is 11.8. The Morgan fingerprint density at radius 2 is 1.94 bits per heavy atom. The lowest BCUT2D eigenvalue weighted by atomic mass is 10.00. The summed E-state index contributed by atoms with van der Waals surface area (Å²) in [5.41, 5.74) is 6.51. The highest BCUT2D eigenvalue weighted by atomic mass is 16.6. The maximum Gasteiger partial charge on any atom is 0.314 e. The zero-order valence-corrected chi connectivity index (χ0v) is 10.8. The Bertz CT molecular complexity index is 340. The lowest BCUT2D eigenvalue weighted by Crippen LogP contribution is -2.25. The molecule has 0 amide bonds. The molecular weight excluding hydrogens is 230 g/mol. The molecule has 0 heterocycles. The number of benzene rings is 1. The van der Waals surface area contributed by atoms with Gasteiger partial charge < -0.3 is 15.2 Å². The van der Waals surface area contributed by atoms with Crippen LogP contribution in [0.25, 0.3) is 0 Å². The van der Waals surface area contributed by atoms with E-state index in [1.807, 2.05) is 37.3 Å². The number of esters is 1. The van der Waals surface area contributed by atoms with Crippen molar-refractivity contribution >= 4 is 5.97 Å². The van der Waals surface area contributed by atoms with Gasteiger partial charge in [-0.2, -0.15) is 0 Å². The van der Waals surface area contributed by atoms with E-state index in [0.29, 0.717) is 13.2 Å². The zero-order valence-electron chi connectivity index (χ0n) is 10.8. The molecule has 1 aromatic rings. The van der Waals surface area contributed by atoms with Gasteiger partial charge in [-0.25, -0.2) is 0 Å². The molecule has 0 aliphatic heterocycles. The molecule has 0 radical (unpaired) electrons. The van der Waals surface area contributed by atoms with Crippen LogP contribution in [-0.2, 0) is 14.3 Å². The Balaban J connectivity index is 2.39. The maximum absolute atomic E-state index is 11.8. The van der Waals surface area contributed by atoms with Gasteiger partial charge in [-0.15, -0.1) is 0 Å². The number of nitrogens with two attached hydrogens (primary N) is 1. The smallest absolute Gasteiger partial charge is 0.314 e. The van der Waals surface area contributed by atoms with Gasteiger partial charge in [-0.1, -0.05) is 37.3 Å². The lowest BCUT2D eigenvalue weighted by Gasteiger charge is -2.14. The Hall–Kier alpha value is -1.39. The minimum absolute atomic E-state index is 0.249. The summed E-state index contributed by atoms with van der Waals surface area (Å²) >= 11 is 0. The number of carbonyl (C=O) groups is 1. The third-order valence-electron chi connectivity index (χ3n) is 2.54. The topological polar surface area (TPSA) is 61.5 Å². The predicted octanol–water partition coefficient (Wildman–Crippen LogP) is 1.70. The van der Waals surface area contributed by atoms with Gasteiger partial charge in [0.2, 0.25) is 0 Å². The van der Waals surface area contributed by atoms with Crippen LogP contribution in [0.2, 0.25) is 0 Å². The molecule has 2 N–H and O–H groups in total. The summed E-state index contributed by atoms with van der Waals surface area (Å²) in [7, 11) is 0. The summed E-state index contributed by atoms with van der Waals surface area (Å²) < 4.78 is 10.4. The van der Waals surface area contributed by atoms with Crippen molar-refractivity contribution in [3.63, 3.8) is 0 Å². The van der Waals surface area contributed by atoms with Gasteiger partial charge >= 0.3 is 5.97 Å². The highest BCUT2D eigenvalue weighted by Gasteiger charge is 2.19. The fourth-order valence-electron chi connectivity index (χ4n) is 1.60. The monoisotopic (exact) mass is 251 g/mol. The second-order valence-electron chi connectivity index (χ2n) is 3.98. The van der Waals surface area contributed by atoms with E-state index in [-0.39, 0.29) is 19.1 Å². The fourth-order valence-corrected chi connectivity index (χ4v) is 1.60. The average molecular weight is 251 g/mol. The van der Waals surface area contributed by atoms with E-state index >= 15 is 0 Å². The molecule has 0 bridgehead atoms. The summed E-state index contributed by atoms with van der Waals surface area (Å²) in [5, 5.41) is 0. The van der Waals surface area contributed by atoms with E-state index in [1.54, 1.807) is 0 Å². The third-order valence-corrected chi connectivity index (χ3v) is 2.54. The van der Waals surface area contributed by atoms with E-state index in [0.717, 1.165) is 12.0 Å². The second kappa shape index (κ2) is 8.66. The van der Waals surface area contributed by atoms with Crippen LogP contribution >= 0.6 is 0 Å². The molecule has 0 aliphatic carbocycles. The first kappa shape index (κ1) is 14.7. The minimum atomic E-state index is -0.391. The first-order chi connectivity index (χ1) is 8.79. The van der Waals surface area contributed by atoms with E-state index in [4.69, 9.17) is 15.2 Å². The zero-order chi connectivity index (χ0) is 13.2. The molecule has 1 aromatic carbocycles. The first-order valence-electron chi connectivity index (χ1n) is 6.29. The van der Waals surface area contributed by atoms with Crippen LogP contribution in [0.1, 0.15) is 24.8 Å². The Labute approximate surface area is 108 Å². The molecule has 0 spiro atoms. The number of hydrogen-bond donors (Lipinski definition) is 1. The molecule has 1 rings (SSSR count). The summed E-state index contributed by atoms with van der Waals surface area (Å²) in [6.45, 7) is 3.69. The van der Waals surface area contributed by atoms with Gasteiger partial charge in [0.15, 0.2) is 0 Å². The van der Waals surface area contributed by atoms with E-state index in [2.05, 4.69) is 0 Å². The van der Waals surface area contributed by atoms with Gasteiger partial charge in [0.05, 0.1) is 12.5 Å². The van der Waals surface area contributed by atoms with E-state index in [1.165, 1.54) is 0 Å². The van der Waals surface area contributed by atoms with Crippen molar-refractivity contribution in [1.82, 2.24) is 0 Å². The molecule has 0 saturated carbocycles. The van der Waals surface area contributed by atoms with E-state index < -0.39 is 5.92 Å². The normalized spacial score (nSPS) is 12.1. The van der Waals surface area contributed by atoms with Crippen molar-refractivity contribution in [3.8, 4) is 0 Å². The van der Waals surface area contributed by atoms with Crippen molar-refractivity contribution in [2.45, 2.75) is 19.3 Å². The SMILES string of the molecule is CCCOCCOC(=O)C(CN)c1ccccc1. The predicted molar refractivity (Wildman–Crippen MR) is 70.3 cm³/mol. The second-order valence-corrected chi connectivity index (χ2v) is 3.98. The molecule has 0 aliphatic rings. The van der Waals surface area contributed by atoms with Gasteiger partial charge in [0.1, 0.15) is 6.61 Å². The minimum Gasteiger partial charge on any atom is -0.463 e. The summed E-state index contributed by atoms with van der Waals surface area (Å²) in [6.07, 6.45) is 0.962. The Morgan fingerprint density at radius 1 is 1.22 bits per heavy atom. The average Bonchev–Trinajstić information content (AvgIpc) is 2.40.